The molecule has 0 unspecified atom stereocenters. The van der Waals surface area contributed by atoms with Crippen LogP contribution in [0, 0.1) is 6.92 Å². The van der Waals surface area contributed by atoms with E-state index in [1.165, 1.54) is 12.4 Å². The van der Waals surface area contributed by atoms with E-state index in [9.17, 15) is 9.18 Å². The molecule has 0 saturated carbocycles. The van der Waals surface area contributed by atoms with Crippen LogP contribution in [0.15, 0.2) is 29.0 Å². The molecule has 0 aromatic carbocycles. The van der Waals surface area contributed by atoms with E-state index in [1.807, 2.05) is 17.9 Å². The standard InChI is InChI=1S/C16H20FN5O2/c1-11-5-15(24-20-11)10-22-8-13(17)6-14(22)9-21(2)16(23)12-3-4-18-19-7-12/h3-5,7,13-14H,6,8-10H2,1-2H3/t13-,14-/m0/s1. The Balaban J connectivity index is 1.64. The number of halogens is 1. The van der Waals surface area contributed by atoms with Gasteiger partial charge in [-0.25, -0.2) is 4.39 Å². The number of amides is 1. The number of likely N-dealkylation sites (N-methyl/N-ethyl adjacent to an activating group) is 1. The molecule has 1 amide bonds. The third kappa shape index (κ3) is 3.76. The van der Waals surface area contributed by atoms with Crippen LogP contribution in [0.4, 0.5) is 4.39 Å². The Morgan fingerprint density at radius 1 is 1.50 bits per heavy atom. The Morgan fingerprint density at radius 2 is 2.33 bits per heavy atom. The second kappa shape index (κ2) is 7.04. The van der Waals surface area contributed by atoms with Crippen molar-refractivity contribution >= 4 is 5.91 Å². The molecule has 1 fully saturated rings. The Hall–Kier alpha value is -2.35. The summed E-state index contributed by atoms with van der Waals surface area (Å²) < 4.78 is 19.1. The fraction of sp³-hybridized carbons (Fsp3) is 0.500. The maximum atomic E-state index is 13.9. The van der Waals surface area contributed by atoms with Crippen LogP contribution in [0.25, 0.3) is 0 Å². The predicted octanol–water partition coefficient (Wildman–Crippen LogP) is 1.46. The lowest BCUT2D eigenvalue weighted by Gasteiger charge is -2.27. The van der Waals surface area contributed by atoms with Gasteiger partial charge in [0, 0.05) is 32.2 Å². The molecule has 2 aromatic rings. The Labute approximate surface area is 139 Å². The van der Waals surface area contributed by atoms with Crippen LogP contribution in [-0.2, 0) is 6.54 Å². The van der Waals surface area contributed by atoms with Gasteiger partial charge in [0.2, 0.25) is 0 Å². The fourth-order valence-electron chi connectivity index (χ4n) is 3.03. The maximum absolute atomic E-state index is 13.9. The molecule has 2 atom stereocenters. The van der Waals surface area contributed by atoms with Crippen LogP contribution < -0.4 is 0 Å². The summed E-state index contributed by atoms with van der Waals surface area (Å²) in [7, 11) is 1.71. The number of likely N-dealkylation sites (tertiary alicyclic amines) is 1. The number of rotatable bonds is 5. The van der Waals surface area contributed by atoms with Crippen LogP contribution in [0.1, 0.15) is 28.2 Å². The van der Waals surface area contributed by atoms with Gasteiger partial charge in [-0.15, -0.1) is 0 Å². The highest BCUT2D eigenvalue weighted by molar-refractivity contribution is 5.93. The third-order valence-electron chi connectivity index (χ3n) is 4.18. The Morgan fingerprint density at radius 3 is 3.00 bits per heavy atom. The minimum absolute atomic E-state index is 0.0610. The Bertz CT molecular complexity index is 693. The summed E-state index contributed by atoms with van der Waals surface area (Å²) in [5.41, 5.74) is 1.27. The minimum atomic E-state index is -0.898. The van der Waals surface area contributed by atoms with Crippen molar-refractivity contribution in [1.82, 2.24) is 25.2 Å². The first-order chi connectivity index (χ1) is 11.5. The normalized spacial score (nSPS) is 21.1. The van der Waals surface area contributed by atoms with Crippen molar-refractivity contribution in [3.63, 3.8) is 0 Å². The largest absolute Gasteiger partial charge is 0.360 e. The zero-order valence-corrected chi connectivity index (χ0v) is 13.7. The van der Waals surface area contributed by atoms with Crippen molar-refractivity contribution in [2.24, 2.45) is 0 Å². The van der Waals surface area contributed by atoms with Crippen molar-refractivity contribution in [3.05, 3.63) is 41.5 Å². The molecule has 0 radical (unpaired) electrons. The van der Waals surface area contributed by atoms with Crippen LogP contribution in [0.5, 0.6) is 0 Å². The van der Waals surface area contributed by atoms with E-state index in [4.69, 9.17) is 4.52 Å². The molecule has 128 valence electrons. The molecule has 1 aliphatic rings. The van der Waals surface area contributed by atoms with Crippen LogP contribution in [0.2, 0.25) is 0 Å². The lowest BCUT2D eigenvalue weighted by molar-refractivity contribution is 0.0745. The van der Waals surface area contributed by atoms with Gasteiger partial charge in [0.15, 0.2) is 5.76 Å². The first kappa shape index (κ1) is 16.5. The maximum Gasteiger partial charge on any atom is 0.255 e. The summed E-state index contributed by atoms with van der Waals surface area (Å²) in [6.45, 7) is 3.12. The average molecular weight is 333 g/mol. The average Bonchev–Trinajstić information content (AvgIpc) is 3.13. The number of alkyl halides is 1. The molecule has 3 heterocycles. The van der Waals surface area contributed by atoms with Crippen LogP contribution in [0.3, 0.4) is 0 Å². The van der Waals surface area contributed by atoms with Crippen LogP contribution in [-0.4, -0.2) is 63.4 Å². The second-order valence-electron chi connectivity index (χ2n) is 6.17. The summed E-state index contributed by atoms with van der Waals surface area (Å²) in [6, 6.07) is 3.40. The van der Waals surface area contributed by atoms with Gasteiger partial charge >= 0.3 is 0 Å². The van der Waals surface area contributed by atoms with E-state index < -0.39 is 6.17 Å². The summed E-state index contributed by atoms with van der Waals surface area (Å²) >= 11 is 0. The number of aryl methyl sites for hydroxylation is 1. The van der Waals surface area contributed by atoms with Gasteiger partial charge in [0.05, 0.1) is 30.2 Å². The highest BCUT2D eigenvalue weighted by atomic mass is 19.1. The van der Waals surface area contributed by atoms with E-state index in [-0.39, 0.29) is 11.9 Å². The van der Waals surface area contributed by atoms with Gasteiger partial charge in [-0.2, -0.15) is 10.2 Å². The number of carbonyl (C=O) groups excluding carboxylic acids is 1. The zero-order valence-electron chi connectivity index (χ0n) is 13.7. The highest BCUT2D eigenvalue weighted by Gasteiger charge is 2.34. The monoisotopic (exact) mass is 333 g/mol. The van der Waals surface area contributed by atoms with Crippen molar-refractivity contribution in [3.8, 4) is 0 Å². The topological polar surface area (TPSA) is 75.4 Å². The molecular formula is C16H20FN5O2. The smallest absolute Gasteiger partial charge is 0.255 e. The number of nitrogens with zero attached hydrogens (tertiary/aromatic N) is 5. The molecule has 0 aliphatic carbocycles. The number of carbonyl (C=O) groups is 1. The van der Waals surface area contributed by atoms with Gasteiger partial charge in [-0.3, -0.25) is 9.69 Å². The molecule has 2 aromatic heterocycles. The molecule has 1 aliphatic heterocycles. The van der Waals surface area contributed by atoms with Gasteiger partial charge < -0.3 is 9.42 Å². The predicted molar refractivity (Wildman–Crippen MR) is 83.9 cm³/mol. The molecule has 0 spiro atoms. The van der Waals surface area contributed by atoms with Crippen LogP contribution >= 0.6 is 0 Å². The molecular weight excluding hydrogens is 313 g/mol. The lowest BCUT2D eigenvalue weighted by atomic mass is 10.1. The molecule has 3 rings (SSSR count). The van der Waals surface area contributed by atoms with Gasteiger partial charge in [0.1, 0.15) is 6.17 Å². The lowest BCUT2D eigenvalue weighted by Crippen LogP contribution is -2.40. The number of hydrogen-bond donors (Lipinski definition) is 0. The molecule has 24 heavy (non-hydrogen) atoms. The summed E-state index contributed by atoms with van der Waals surface area (Å²) in [5.74, 6) is 0.557. The summed E-state index contributed by atoms with van der Waals surface area (Å²) in [4.78, 5) is 16.0. The van der Waals surface area contributed by atoms with E-state index in [1.54, 1.807) is 18.0 Å². The van der Waals surface area contributed by atoms with Crippen molar-refractivity contribution in [2.75, 3.05) is 20.1 Å². The van der Waals surface area contributed by atoms with Crippen molar-refractivity contribution < 1.29 is 13.7 Å². The summed E-state index contributed by atoms with van der Waals surface area (Å²) in [6.07, 6.45) is 2.41. The SMILES string of the molecule is Cc1cc(CN2C[C@@H](F)C[C@H]2CN(C)C(=O)c2ccnnc2)on1. The van der Waals surface area contributed by atoms with Gasteiger partial charge in [-0.05, 0) is 19.4 Å². The highest BCUT2D eigenvalue weighted by Crippen LogP contribution is 2.24. The molecule has 7 nitrogen and oxygen atoms in total. The molecule has 0 bridgehead atoms. The van der Waals surface area contributed by atoms with Gasteiger partial charge in [0.25, 0.3) is 5.91 Å². The molecule has 1 saturated heterocycles. The van der Waals surface area contributed by atoms with Gasteiger partial charge in [-0.1, -0.05) is 5.16 Å². The summed E-state index contributed by atoms with van der Waals surface area (Å²) in [5, 5.41) is 11.2. The zero-order chi connectivity index (χ0) is 17.1. The van der Waals surface area contributed by atoms with E-state index in [0.29, 0.717) is 37.4 Å². The third-order valence-corrected chi connectivity index (χ3v) is 4.18. The second-order valence-corrected chi connectivity index (χ2v) is 6.17. The first-order valence-corrected chi connectivity index (χ1v) is 7.85. The van der Waals surface area contributed by atoms with E-state index in [2.05, 4.69) is 15.4 Å². The Kier molecular flexibility index (Phi) is 4.84. The fourth-order valence-corrected chi connectivity index (χ4v) is 3.03. The number of hydrogen-bond acceptors (Lipinski definition) is 6. The number of aromatic nitrogens is 3. The first-order valence-electron chi connectivity index (χ1n) is 7.85. The van der Waals surface area contributed by atoms with E-state index in [0.717, 1.165) is 5.69 Å². The quantitative estimate of drug-likeness (QED) is 0.824. The van der Waals surface area contributed by atoms with Crippen molar-refractivity contribution in [2.45, 2.75) is 32.1 Å². The van der Waals surface area contributed by atoms with Crippen molar-refractivity contribution in [1.29, 1.82) is 0 Å². The van der Waals surface area contributed by atoms with E-state index >= 15 is 0 Å². The minimum Gasteiger partial charge on any atom is -0.360 e. The molecule has 0 N–H and O–H groups in total. The molecule has 8 heteroatoms.